The Morgan fingerprint density at radius 3 is 2.72 bits per heavy atom. The molecule has 1 aliphatic rings. The Hall–Kier alpha value is -2.80. The number of rotatable bonds is 6. The third-order valence-electron chi connectivity index (χ3n) is 4.75. The number of hydrogen-bond acceptors (Lipinski definition) is 6. The predicted octanol–water partition coefficient (Wildman–Crippen LogP) is 4.01. The lowest BCUT2D eigenvalue weighted by atomic mass is 9.95. The predicted molar refractivity (Wildman–Crippen MR) is 113 cm³/mol. The van der Waals surface area contributed by atoms with Gasteiger partial charge in [0.25, 0.3) is 0 Å². The number of amides is 1. The molecule has 3 aromatic rings. The molecule has 6 nitrogen and oxygen atoms in total. The van der Waals surface area contributed by atoms with Crippen molar-refractivity contribution in [2.45, 2.75) is 24.9 Å². The number of nitrogens with one attached hydrogen (secondary N) is 1. The number of carbonyl (C=O) groups is 1. The van der Waals surface area contributed by atoms with Crippen LogP contribution in [0.3, 0.4) is 0 Å². The van der Waals surface area contributed by atoms with E-state index in [0.717, 1.165) is 33.0 Å². The number of nitrogens with zero attached hydrogens (tertiary/aromatic N) is 2. The summed E-state index contributed by atoms with van der Waals surface area (Å²) in [5.41, 5.74) is 1.89. The van der Waals surface area contributed by atoms with Gasteiger partial charge in [0.05, 0.1) is 17.3 Å². The minimum Gasteiger partial charge on any atom is -0.486 e. The van der Waals surface area contributed by atoms with Crippen molar-refractivity contribution in [3.8, 4) is 11.5 Å². The lowest BCUT2D eigenvalue weighted by Crippen LogP contribution is -2.33. The van der Waals surface area contributed by atoms with Gasteiger partial charge >= 0.3 is 0 Å². The molecule has 2 heterocycles. The topological polar surface area (TPSA) is 73.3 Å². The maximum atomic E-state index is 12.7. The van der Waals surface area contributed by atoms with Crippen molar-refractivity contribution < 1.29 is 14.3 Å². The fourth-order valence-electron chi connectivity index (χ4n) is 3.33. The van der Waals surface area contributed by atoms with Crippen LogP contribution in [0.1, 0.15) is 25.5 Å². The molecule has 29 heavy (non-hydrogen) atoms. The largest absolute Gasteiger partial charge is 0.486 e. The van der Waals surface area contributed by atoms with Gasteiger partial charge in [-0.3, -0.25) is 4.79 Å². The van der Waals surface area contributed by atoms with E-state index in [0.29, 0.717) is 13.2 Å². The van der Waals surface area contributed by atoms with Crippen molar-refractivity contribution >= 4 is 28.6 Å². The van der Waals surface area contributed by atoms with Gasteiger partial charge in [-0.15, -0.1) is 0 Å². The average molecular weight is 410 g/mol. The molecule has 0 saturated carbocycles. The van der Waals surface area contributed by atoms with E-state index >= 15 is 0 Å². The van der Waals surface area contributed by atoms with Crippen LogP contribution in [0.4, 0.5) is 0 Å². The van der Waals surface area contributed by atoms with Gasteiger partial charge in [0.15, 0.2) is 11.5 Å². The Morgan fingerprint density at radius 2 is 1.90 bits per heavy atom. The zero-order valence-electron chi connectivity index (χ0n) is 16.4. The van der Waals surface area contributed by atoms with Gasteiger partial charge in [-0.2, -0.15) is 0 Å². The number of para-hydroxylation sites is 1. The van der Waals surface area contributed by atoms with Crippen molar-refractivity contribution in [3.05, 3.63) is 54.4 Å². The Kier molecular flexibility index (Phi) is 5.85. The number of thioether (sulfide) groups is 1. The summed E-state index contributed by atoms with van der Waals surface area (Å²) in [6, 6.07) is 13.6. The Labute approximate surface area is 174 Å². The van der Waals surface area contributed by atoms with E-state index in [4.69, 9.17) is 9.47 Å². The summed E-state index contributed by atoms with van der Waals surface area (Å²) >= 11 is 1.42. The highest BCUT2D eigenvalue weighted by molar-refractivity contribution is 8.00. The zero-order valence-corrected chi connectivity index (χ0v) is 17.2. The Bertz CT molecular complexity index is 1020. The second-order valence-corrected chi connectivity index (χ2v) is 8.14. The summed E-state index contributed by atoms with van der Waals surface area (Å²) < 4.78 is 11.3. The smallest absolute Gasteiger partial charge is 0.230 e. The number of hydrogen-bond donors (Lipinski definition) is 1. The highest BCUT2D eigenvalue weighted by Crippen LogP contribution is 2.34. The molecular formula is C22H23N3O3S. The molecule has 1 aromatic heterocycles. The second kappa shape index (κ2) is 8.69. The third kappa shape index (κ3) is 4.45. The molecule has 1 atom stereocenters. The van der Waals surface area contributed by atoms with Gasteiger partial charge in [0.1, 0.15) is 24.6 Å². The van der Waals surface area contributed by atoms with E-state index in [1.54, 1.807) is 0 Å². The van der Waals surface area contributed by atoms with Crippen molar-refractivity contribution in [2.75, 3.05) is 19.0 Å². The molecule has 150 valence electrons. The third-order valence-corrected chi connectivity index (χ3v) is 5.76. The van der Waals surface area contributed by atoms with E-state index in [1.165, 1.54) is 18.1 Å². The van der Waals surface area contributed by atoms with Crippen molar-refractivity contribution in [2.24, 2.45) is 5.92 Å². The molecule has 2 aromatic carbocycles. The molecule has 0 bridgehead atoms. The van der Waals surface area contributed by atoms with E-state index in [2.05, 4.69) is 29.1 Å². The van der Waals surface area contributed by atoms with Crippen molar-refractivity contribution in [1.82, 2.24) is 15.3 Å². The fourth-order valence-corrected chi connectivity index (χ4v) is 4.13. The lowest BCUT2D eigenvalue weighted by molar-refractivity contribution is -0.119. The van der Waals surface area contributed by atoms with Gasteiger partial charge in [-0.25, -0.2) is 9.97 Å². The highest BCUT2D eigenvalue weighted by Gasteiger charge is 2.21. The molecule has 0 radical (unpaired) electrons. The lowest BCUT2D eigenvalue weighted by Gasteiger charge is -2.25. The normalized spacial score (nSPS) is 14.0. The summed E-state index contributed by atoms with van der Waals surface area (Å²) in [4.78, 5) is 21.3. The Morgan fingerprint density at radius 1 is 1.10 bits per heavy atom. The van der Waals surface area contributed by atoms with E-state index < -0.39 is 0 Å². The number of aromatic nitrogens is 2. The van der Waals surface area contributed by atoms with Crippen molar-refractivity contribution in [1.29, 1.82) is 0 Å². The molecule has 0 fully saturated rings. The first-order chi connectivity index (χ1) is 14.1. The minimum atomic E-state index is -0.110. The van der Waals surface area contributed by atoms with Gasteiger partial charge in [-0.1, -0.05) is 49.9 Å². The van der Waals surface area contributed by atoms with Gasteiger partial charge in [-0.05, 0) is 29.7 Å². The quantitative estimate of drug-likeness (QED) is 0.490. The monoisotopic (exact) mass is 409 g/mol. The number of fused-ring (bicyclic) bond motifs is 2. The SMILES string of the molecule is CC(C)[C@H](NC(=O)CSc1ncnc2ccccc12)c1ccc2c(c1)OCCO2. The van der Waals surface area contributed by atoms with Crippen molar-refractivity contribution in [3.63, 3.8) is 0 Å². The van der Waals surface area contributed by atoms with Crippen LogP contribution in [0.25, 0.3) is 10.9 Å². The van der Waals surface area contributed by atoms with Gasteiger partial charge in [0, 0.05) is 5.39 Å². The van der Waals surface area contributed by atoms with E-state index in [1.807, 2.05) is 42.5 Å². The summed E-state index contributed by atoms with van der Waals surface area (Å²) in [6.07, 6.45) is 1.54. The average Bonchev–Trinajstić information content (AvgIpc) is 2.75. The first kappa shape index (κ1) is 19.5. The fraction of sp³-hybridized carbons (Fsp3) is 0.318. The summed E-state index contributed by atoms with van der Waals surface area (Å²) in [5, 5.41) is 4.93. The second-order valence-electron chi connectivity index (χ2n) is 7.18. The molecule has 7 heteroatoms. The maximum Gasteiger partial charge on any atom is 0.230 e. The van der Waals surface area contributed by atoms with Crippen LogP contribution < -0.4 is 14.8 Å². The first-order valence-electron chi connectivity index (χ1n) is 9.63. The summed E-state index contributed by atoms with van der Waals surface area (Å²) in [6.45, 7) is 5.28. The van der Waals surface area contributed by atoms with E-state index in [9.17, 15) is 4.79 Å². The molecule has 1 aliphatic heterocycles. The van der Waals surface area contributed by atoms with Crippen LogP contribution in [0.5, 0.6) is 11.5 Å². The van der Waals surface area contributed by atoms with Crippen LogP contribution in [-0.2, 0) is 4.79 Å². The molecule has 1 N–H and O–H groups in total. The molecule has 0 unspecified atom stereocenters. The van der Waals surface area contributed by atoms with Gasteiger partial charge < -0.3 is 14.8 Å². The van der Waals surface area contributed by atoms with E-state index in [-0.39, 0.29) is 23.6 Å². The van der Waals surface area contributed by atoms with Crippen LogP contribution in [0.2, 0.25) is 0 Å². The first-order valence-corrected chi connectivity index (χ1v) is 10.6. The van der Waals surface area contributed by atoms with Crippen LogP contribution >= 0.6 is 11.8 Å². The molecular weight excluding hydrogens is 386 g/mol. The molecule has 0 saturated heterocycles. The molecule has 4 rings (SSSR count). The maximum absolute atomic E-state index is 12.7. The van der Waals surface area contributed by atoms with Gasteiger partial charge in [0.2, 0.25) is 5.91 Å². The number of carbonyl (C=O) groups excluding carboxylic acids is 1. The minimum absolute atomic E-state index is 0.0358. The number of ether oxygens (including phenoxy) is 2. The molecule has 0 spiro atoms. The van der Waals surface area contributed by atoms with Crippen LogP contribution in [0, 0.1) is 5.92 Å². The zero-order chi connectivity index (χ0) is 20.2. The summed E-state index contributed by atoms with van der Waals surface area (Å²) in [7, 11) is 0. The van der Waals surface area contributed by atoms with Crippen LogP contribution in [-0.4, -0.2) is 34.8 Å². The standard InChI is InChI=1S/C22H23N3O3S/c1-14(2)21(15-7-8-18-19(11-15)28-10-9-27-18)25-20(26)12-29-22-16-5-3-4-6-17(16)23-13-24-22/h3-8,11,13-14,21H,9-10,12H2,1-2H3,(H,25,26)/t21-/m0/s1. The molecule has 1 amide bonds. The summed E-state index contributed by atoms with van der Waals surface area (Å²) in [5.74, 6) is 1.96. The number of benzene rings is 2. The Balaban J connectivity index is 1.45. The van der Waals surface area contributed by atoms with Crippen LogP contribution in [0.15, 0.2) is 53.8 Å². The highest BCUT2D eigenvalue weighted by atomic mass is 32.2. The molecule has 0 aliphatic carbocycles.